The van der Waals surface area contributed by atoms with E-state index in [1.165, 1.54) is 19.3 Å². The number of fused-ring (bicyclic) bond motifs is 1. The SMILES string of the molecule is C[C@H]1C[C@@H]1C(=O)N1CCC[C@@H]2C[C@@H]21. The van der Waals surface area contributed by atoms with Gasteiger partial charge in [-0.15, -0.1) is 0 Å². The summed E-state index contributed by atoms with van der Waals surface area (Å²) in [5, 5.41) is 0. The lowest BCUT2D eigenvalue weighted by Crippen LogP contribution is -2.38. The van der Waals surface area contributed by atoms with Crippen molar-refractivity contribution in [3.8, 4) is 0 Å². The van der Waals surface area contributed by atoms with E-state index in [1.54, 1.807) is 0 Å². The van der Waals surface area contributed by atoms with Gasteiger partial charge >= 0.3 is 0 Å². The highest BCUT2D eigenvalue weighted by atomic mass is 16.2. The van der Waals surface area contributed by atoms with E-state index in [0.29, 0.717) is 23.8 Å². The van der Waals surface area contributed by atoms with Crippen LogP contribution in [0.15, 0.2) is 0 Å². The first-order valence-corrected chi connectivity index (χ1v) is 5.58. The molecule has 1 amide bonds. The Morgan fingerprint density at radius 3 is 2.85 bits per heavy atom. The van der Waals surface area contributed by atoms with Crippen LogP contribution in [-0.4, -0.2) is 23.4 Å². The summed E-state index contributed by atoms with van der Waals surface area (Å²) in [5.74, 6) is 2.43. The van der Waals surface area contributed by atoms with Gasteiger partial charge in [0.05, 0.1) is 0 Å². The summed E-state index contributed by atoms with van der Waals surface area (Å²) in [5.41, 5.74) is 0. The smallest absolute Gasteiger partial charge is 0.226 e. The number of likely N-dealkylation sites (tertiary alicyclic amines) is 1. The number of hydrogen-bond acceptors (Lipinski definition) is 1. The molecule has 0 N–H and O–H groups in total. The van der Waals surface area contributed by atoms with Crippen LogP contribution in [0.4, 0.5) is 0 Å². The minimum atomic E-state index is 0.402. The van der Waals surface area contributed by atoms with Crippen LogP contribution in [0.1, 0.15) is 32.6 Å². The molecule has 2 heteroatoms. The Morgan fingerprint density at radius 2 is 2.15 bits per heavy atom. The Morgan fingerprint density at radius 1 is 1.38 bits per heavy atom. The predicted octanol–water partition coefficient (Wildman–Crippen LogP) is 1.65. The van der Waals surface area contributed by atoms with Gasteiger partial charge in [0.15, 0.2) is 0 Å². The second-order valence-corrected chi connectivity index (χ2v) is 5.06. The molecule has 2 saturated carbocycles. The van der Waals surface area contributed by atoms with Crippen LogP contribution in [0.2, 0.25) is 0 Å². The zero-order valence-electron chi connectivity index (χ0n) is 8.20. The maximum atomic E-state index is 11.9. The second-order valence-electron chi connectivity index (χ2n) is 5.06. The van der Waals surface area contributed by atoms with Gasteiger partial charge in [-0.25, -0.2) is 0 Å². The Labute approximate surface area is 79.3 Å². The molecule has 0 aromatic rings. The van der Waals surface area contributed by atoms with Crippen LogP contribution in [0.25, 0.3) is 0 Å². The van der Waals surface area contributed by atoms with Crippen molar-refractivity contribution in [1.29, 1.82) is 0 Å². The average Bonchev–Trinajstić information content (AvgIpc) is 2.97. The van der Waals surface area contributed by atoms with E-state index in [4.69, 9.17) is 0 Å². The van der Waals surface area contributed by atoms with Crippen molar-refractivity contribution < 1.29 is 4.79 Å². The summed E-state index contributed by atoms with van der Waals surface area (Å²) in [4.78, 5) is 14.1. The van der Waals surface area contributed by atoms with Gasteiger partial charge in [0.25, 0.3) is 0 Å². The average molecular weight is 179 g/mol. The Bertz CT molecular complexity index is 250. The van der Waals surface area contributed by atoms with Crippen molar-refractivity contribution in [2.24, 2.45) is 17.8 Å². The number of nitrogens with zero attached hydrogens (tertiary/aromatic N) is 1. The fraction of sp³-hybridized carbons (Fsp3) is 0.909. The molecule has 0 spiro atoms. The number of carbonyl (C=O) groups is 1. The first-order valence-electron chi connectivity index (χ1n) is 5.58. The highest BCUT2D eigenvalue weighted by Crippen LogP contribution is 2.47. The minimum absolute atomic E-state index is 0.402. The zero-order chi connectivity index (χ0) is 9.00. The molecule has 3 fully saturated rings. The molecule has 0 aromatic heterocycles. The third-order valence-corrected chi connectivity index (χ3v) is 3.97. The van der Waals surface area contributed by atoms with Gasteiger partial charge in [0, 0.05) is 18.5 Å². The van der Waals surface area contributed by atoms with Crippen LogP contribution >= 0.6 is 0 Å². The molecular formula is C11H17NO. The Hall–Kier alpha value is -0.530. The maximum Gasteiger partial charge on any atom is 0.226 e. The summed E-state index contributed by atoms with van der Waals surface area (Å²) >= 11 is 0. The summed E-state index contributed by atoms with van der Waals surface area (Å²) in [6.45, 7) is 3.24. The maximum absolute atomic E-state index is 11.9. The lowest BCUT2D eigenvalue weighted by Gasteiger charge is -2.26. The molecule has 1 heterocycles. The quantitative estimate of drug-likeness (QED) is 0.599. The molecule has 0 unspecified atom stereocenters. The number of piperidine rings is 1. The Kier molecular flexibility index (Phi) is 1.50. The summed E-state index contributed by atoms with van der Waals surface area (Å²) in [6, 6.07) is 0.661. The Balaban J connectivity index is 1.67. The molecule has 0 aromatic carbocycles. The normalized spacial score (nSPS) is 47.0. The van der Waals surface area contributed by atoms with Gasteiger partial charge in [-0.1, -0.05) is 6.92 Å². The van der Waals surface area contributed by atoms with Crippen LogP contribution in [0.5, 0.6) is 0 Å². The highest BCUT2D eigenvalue weighted by molar-refractivity contribution is 5.82. The first kappa shape index (κ1) is 7.84. The van der Waals surface area contributed by atoms with E-state index in [9.17, 15) is 4.79 Å². The van der Waals surface area contributed by atoms with Gasteiger partial charge in [-0.3, -0.25) is 4.79 Å². The van der Waals surface area contributed by atoms with Crippen molar-refractivity contribution in [2.45, 2.75) is 38.6 Å². The van der Waals surface area contributed by atoms with E-state index in [-0.39, 0.29) is 0 Å². The molecule has 3 aliphatic rings. The largest absolute Gasteiger partial charge is 0.339 e. The molecule has 1 aliphatic heterocycles. The molecular weight excluding hydrogens is 162 g/mol. The van der Waals surface area contributed by atoms with E-state index in [0.717, 1.165) is 18.9 Å². The summed E-state index contributed by atoms with van der Waals surface area (Å²) in [7, 11) is 0. The third kappa shape index (κ3) is 1.18. The van der Waals surface area contributed by atoms with E-state index < -0.39 is 0 Å². The molecule has 4 atom stereocenters. The molecule has 72 valence electrons. The molecule has 0 radical (unpaired) electrons. The monoisotopic (exact) mass is 179 g/mol. The van der Waals surface area contributed by atoms with Gasteiger partial charge in [-0.05, 0) is 37.5 Å². The van der Waals surface area contributed by atoms with E-state index in [1.807, 2.05) is 0 Å². The number of amides is 1. The summed E-state index contributed by atoms with van der Waals surface area (Å²) < 4.78 is 0. The van der Waals surface area contributed by atoms with Crippen LogP contribution in [0, 0.1) is 17.8 Å². The van der Waals surface area contributed by atoms with Gasteiger partial charge < -0.3 is 4.90 Å². The lowest BCUT2D eigenvalue weighted by molar-refractivity contribution is -0.134. The van der Waals surface area contributed by atoms with Crippen molar-refractivity contribution in [3.05, 3.63) is 0 Å². The van der Waals surface area contributed by atoms with Crippen LogP contribution in [0.3, 0.4) is 0 Å². The van der Waals surface area contributed by atoms with Gasteiger partial charge in [-0.2, -0.15) is 0 Å². The third-order valence-electron chi connectivity index (χ3n) is 3.97. The van der Waals surface area contributed by atoms with E-state index >= 15 is 0 Å². The van der Waals surface area contributed by atoms with Gasteiger partial charge in [0.2, 0.25) is 5.91 Å². The molecule has 1 saturated heterocycles. The van der Waals surface area contributed by atoms with Gasteiger partial charge in [0.1, 0.15) is 0 Å². The zero-order valence-corrected chi connectivity index (χ0v) is 8.20. The fourth-order valence-corrected chi connectivity index (χ4v) is 2.77. The second kappa shape index (κ2) is 2.49. The number of carbonyl (C=O) groups excluding carboxylic acids is 1. The molecule has 2 nitrogen and oxygen atoms in total. The first-order chi connectivity index (χ1) is 6.27. The number of rotatable bonds is 1. The van der Waals surface area contributed by atoms with Crippen molar-refractivity contribution in [1.82, 2.24) is 4.90 Å². The lowest BCUT2D eigenvalue weighted by atomic mass is 10.1. The molecule has 3 rings (SSSR count). The highest BCUT2D eigenvalue weighted by Gasteiger charge is 2.50. The topological polar surface area (TPSA) is 20.3 Å². The van der Waals surface area contributed by atoms with Crippen molar-refractivity contribution in [3.63, 3.8) is 0 Å². The van der Waals surface area contributed by atoms with Crippen LogP contribution in [-0.2, 0) is 4.79 Å². The van der Waals surface area contributed by atoms with E-state index in [2.05, 4.69) is 11.8 Å². The van der Waals surface area contributed by atoms with Crippen molar-refractivity contribution in [2.75, 3.05) is 6.54 Å². The fourth-order valence-electron chi connectivity index (χ4n) is 2.77. The molecule has 2 aliphatic carbocycles. The summed E-state index contributed by atoms with van der Waals surface area (Å²) in [6.07, 6.45) is 5.06. The molecule has 13 heavy (non-hydrogen) atoms. The number of hydrogen-bond donors (Lipinski definition) is 0. The molecule has 0 bridgehead atoms. The van der Waals surface area contributed by atoms with Crippen molar-refractivity contribution >= 4 is 5.91 Å². The minimum Gasteiger partial charge on any atom is -0.339 e. The standard InChI is InChI=1S/C11H17NO/c1-7-5-9(7)11(13)12-4-2-3-8-6-10(8)12/h7-10H,2-6H2,1H3/t7-,8+,9-,10-/m0/s1. The predicted molar refractivity (Wildman–Crippen MR) is 50.1 cm³/mol. The van der Waals surface area contributed by atoms with Crippen LogP contribution < -0.4 is 0 Å².